The van der Waals surface area contributed by atoms with E-state index in [1.54, 1.807) is 13.2 Å². The molecule has 0 radical (unpaired) electrons. The van der Waals surface area contributed by atoms with Gasteiger partial charge < -0.3 is 15.3 Å². The molecule has 8 nitrogen and oxygen atoms in total. The van der Waals surface area contributed by atoms with Crippen LogP contribution in [0.5, 0.6) is 0 Å². The Morgan fingerprint density at radius 1 is 1.56 bits per heavy atom. The summed E-state index contributed by atoms with van der Waals surface area (Å²) in [6, 6.07) is 0.422. The maximum atomic E-state index is 12.1. The molecule has 2 rings (SSSR count). The molecule has 1 unspecified atom stereocenters. The van der Waals surface area contributed by atoms with E-state index in [1.165, 1.54) is 10.7 Å². The van der Waals surface area contributed by atoms with Crippen LogP contribution in [0.2, 0.25) is 0 Å². The molecule has 1 atom stereocenters. The van der Waals surface area contributed by atoms with Crippen molar-refractivity contribution >= 4 is 17.8 Å². The van der Waals surface area contributed by atoms with Crippen molar-refractivity contribution in [2.75, 3.05) is 13.1 Å². The van der Waals surface area contributed by atoms with Crippen LogP contribution in [-0.2, 0) is 16.6 Å². The van der Waals surface area contributed by atoms with Gasteiger partial charge in [-0.2, -0.15) is 5.10 Å². The fourth-order valence-electron chi connectivity index (χ4n) is 1.75. The molecule has 2 heterocycles. The number of piperazine rings is 1. The number of rotatable bonds is 2. The minimum atomic E-state index is -1.15. The van der Waals surface area contributed by atoms with E-state index < -0.39 is 17.9 Å². The molecule has 2 amide bonds. The Kier molecular flexibility index (Phi) is 3.00. The third kappa shape index (κ3) is 2.17. The summed E-state index contributed by atoms with van der Waals surface area (Å²) in [6.45, 7) is -0.362. The second kappa shape index (κ2) is 4.47. The second-order valence-electron chi connectivity index (χ2n) is 3.97. The van der Waals surface area contributed by atoms with Gasteiger partial charge in [-0.3, -0.25) is 14.3 Å². The van der Waals surface area contributed by atoms with Crippen LogP contribution < -0.4 is 5.32 Å². The highest BCUT2D eigenvalue weighted by atomic mass is 16.4. The first kappa shape index (κ1) is 12.1. The Bertz CT molecular complexity index is 510. The molecule has 0 spiro atoms. The average molecular weight is 252 g/mol. The number of amides is 2. The first-order valence-corrected chi connectivity index (χ1v) is 5.29. The van der Waals surface area contributed by atoms with Gasteiger partial charge in [0, 0.05) is 19.8 Å². The van der Waals surface area contributed by atoms with E-state index >= 15 is 0 Å². The monoisotopic (exact) mass is 252 g/mol. The number of carbonyl (C=O) groups excluding carboxylic acids is 2. The lowest BCUT2D eigenvalue weighted by atomic mass is 10.1. The van der Waals surface area contributed by atoms with E-state index in [0.29, 0.717) is 0 Å². The molecular formula is C10H12N4O4. The number of nitrogens with one attached hydrogen (secondary N) is 1. The molecule has 96 valence electrons. The maximum Gasteiger partial charge on any atom is 0.328 e. The van der Waals surface area contributed by atoms with E-state index in [-0.39, 0.29) is 24.7 Å². The Balaban J connectivity index is 2.25. The summed E-state index contributed by atoms with van der Waals surface area (Å²) in [5.41, 5.74) is 0.124. The SMILES string of the molecule is Cn1ccc(C(=O)N2CC(=O)NCC2C(=O)O)n1. The summed E-state index contributed by atoms with van der Waals surface area (Å²) in [5.74, 6) is -2.09. The molecule has 1 saturated heterocycles. The first-order chi connectivity index (χ1) is 8.49. The van der Waals surface area contributed by atoms with Crippen molar-refractivity contribution in [3.63, 3.8) is 0 Å². The number of nitrogens with zero attached hydrogens (tertiary/aromatic N) is 3. The third-order valence-corrected chi connectivity index (χ3v) is 2.66. The summed E-state index contributed by atoms with van der Waals surface area (Å²) >= 11 is 0. The lowest BCUT2D eigenvalue weighted by Crippen LogP contribution is -2.59. The molecule has 0 bridgehead atoms. The number of aromatic nitrogens is 2. The predicted molar refractivity (Wildman–Crippen MR) is 58.7 cm³/mol. The van der Waals surface area contributed by atoms with Gasteiger partial charge in [-0.15, -0.1) is 0 Å². The van der Waals surface area contributed by atoms with E-state index in [4.69, 9.17) is 5.11 Å². The zero-order chi connectivity index (χ0) is 13.3. The van der Waals surface area contributed by atoms with Gasteiger partial charge in [0.1, 0.15) is 18.3 Å². The van der Waals surface area contributed by atoms with Crippen LogP contribution >= 0.6 is 0 Å². The van der Waals surface area contributed by atoms with Gasteiger partial charge in [-0.25, -0.2) is 4.79 Å². The molecular weight excluding hydrogens is 240 g/mol. The van der Waals surface area contributed by atoms with Crippen molar-refractivity contribution < 1.29 is 19.5 Å². The van der Waals surface area contributed by atoms with Gasteiger partial charge in [-0.05, 0) is 6.07 Å². The molecule has 8 heteroatoms. The van der Waals surface area contributed by atoms with Gasteiger partial charge in [0.25, 0.3) is 5.91 Å². The number of hydrogen-bond acceptors (Lipinski definition) is 4. The topological polar surface area (TPSA) is 105 Å². The maximum absolute atomic E-state index is 12.1. The van der Waals surface area contributed by atoms with Crippen molar-refractivity contribution in [1.82, 2.24) is 20.0 Å². The van der Waals surface area contributed by atoms with Crippen LogP contribution in [0, 0.1) is 0 Å². The fraction of sp³-hybridized carbons (Fsp3) is 0.400. The van der Waals surface area contributed by atoms with E-state index in [1.807, 2.05) is 0 Å². The normalized spacial score (nSPS) is 19.5. The van der Waals surface area contributed by atoms with Crippen molar-refractivity contribution in [1.29, 1.82) is 0 Å². The zero-order valence-corrected chi connectivity index (χ0v) is 9.66. The Hall–Kier alpha value is -2.38. The van der Waals surface area contributed by atoms with Crippen LogP contribution in [0.15, 0.2) is 12.3 Å². The van der Waals surface area contributed by atoms with Gasteiger partial charge in [0.15, 0.2) is 0 Å². The van der Waals surface area contributed by atoms with E-state index in [9.17, 15) is 14.4 Å². The number of carboxylic acid groups (broad SMARTS) is 1. The third-order valence-electron chi connectivity index (χ3n) is 2.66. The van der Waals surface area contributed by atoms with Gasteiger partial charge in [-0.1, -0.05) is 0 Å². The number of carboxylic acids is 1. The summed E-state index contributed by atoms with van der Waals surface area (Å²) in [7, 11) is 1.65. The molecule has 2 N–H and O–H groups in total. The summed E-state index contributed by atoms with van der Waals surface area (Å²) < 4.78 is 1.44. The highest BCUT2D eigenvalue weighted by Crippen LogP contribution is 2.09. The number of aryl methyl sites for hydroxylation is 1. The minimum absolute atomic E-state index is 0.0905. The van der Waals surface area contributed by atoms with Crippen LogP contribution in [0.4, 0.5) is 0 Å². The number of carbonyl (C=O) groups is 3. The van der Waals surface area contributed by atoms with Crippen molar-refractivity contribution in [3.05, 3.63) is 18.0 Å². The van der Waals surface area contributed by atoms with E-state index in [0.717, 1.165) is 4.90 Å². The Labute approximate surface area is 102 Å². The smallest absolute Gasteiger partial charge is 0.328 e. The van der Waals surface area contributed by atoms with E-state index in [2.05, 4.69) is 10.4 Å². The summed E-state index contributed by atoms with van der Waals surface area (Å²) in [4.78, 5) is 35.4. The first-order valence-electron chi connectivity index (χ1n) is 5.29. The molecule has 0 aromatic carbocycles. The quantitative estimate of drug-likeness (QED) is 0.662. The molecule has 0 saturated carbocycles. The van der Waals surface area contributed by atoms with Crippen LogP contribution in [0.1, 0.15) is 10.5 Å². The summed E-state index contributed by atoms with van der Waals surface area (Å²) in [5, 5.41) is 15.3. The van der Waals surface area contributed by atoms with Crippen molar-refractivity contribution in [3.8, 4) is 0 Å². The molecule has 1 aromatic heterocycles. The summed E-state index contributed by atoms with van der Waals surface area (Å²) in [6.07, 6.45) is 1.58. The molecule has 1 aromatic rings. The molecule has 0 aliphatic carbocycles. The second-order valence-corrected chi connectivity index (χ2v) is 3.97. The minimum Gasteiger partial charge on any atom is -0.480 e. The predicted octanol–water partition coefficient (Wildman–Crippen LogP) is -1.55. The largest absolute Gasteiger partial charge is 0.480 e. The van der Waals surface area contributed by atoms with Crippen LogP contribution in [0.25, 0.3) is 0 Å². The van der Waals surface area contributed by atoms with Crippen molar-refractivity contribution in [2.24, 2.45) is 7.05 Å². The van der Waals surface area contributed by atoms with Gasteiger partial charge >= 0.3 is 5.97 Å². The Morgan fingerprint density at radius 3 is 2.83 bits per heavy atom. The lowest BCUT2D eigenvalue weighted by molar-refractivity contribution is -0.144. The molecule has 18 heavy (non-hydrogen) atoms. The molecule has 1 fully saturated rings. The van der Waals surface area contributed by atoms with Crippen LogP contribution in [0.3, 0.4) is 0 Å². The number of hydrogen-bond donors (Lipinski definition) is 2. The molecule has 1 aliphatic heterocycles. The van der Waals surface area contributed by atoms with Crippen LogP contribution in [-0.4, -0.2) is 56.7 Å². The van der Waals surface area contributed by atoms with Crippen molar-refractivity contribution in [2.45, 2.75) is 6.04 Å². The highest BCUT2D eigenvalue weighted by molar-refractivity contribution is 5.98. The van der Waals surface area contributed by atoms with Gasteiger partial charge in [0.05, 0.1) is 0 Å². The lowest BCUT2D eigenvalue weighted by Gasteiger charge is -2.32. The molecule has 1 aliphatic rings. The Morgan fingerprint density at radius 2 is 2.28 bits per heavy atom. The zero-order valence-electron chi connectivity index (χ0n) is 9.66. The number of aliphatic carboxylic acids is 1. The van der Waals surface area contributed by atoms with Gasteiger partial charge in [0.2, 0.25) is 5.91 Å². The average Bonchev–Trinajstić information content (AvgIpc) is 2.74. The highest BCUT2D eigenvalue weighted by Gasteiger charge is 2.36. The standard InChI is InChI=1S/C10H12N4O4/c1-13-3-2-6(12-13)9(16)14-5-8(15)11-4-7(14)10(17)18/h2-3,7H,4-5H2,1H3,(H,11,15)(H,17,18). The fourth-order valence-corrected chi connectivity index (χ4v) is 1.75.